The maximum Gasteiger partial charge on any atom is 0.306 e. The number of rotatable bonds is 3. The molecule has 0 heterocycles. The van der Waals surface area contributed by atoms with Crippen molar-refractivity contribution >= 4 is 5.97 Å². The summed E-state index contributed by atoms with van der Waals surface area (Å²) < 4.78 is 26.6. The standard InChI is InChI=1S/C13H14F2O3/c14-7-4-5-11(15)10(6-7)12(16)8-2-1-3-9(8)13(17)18/h4-6,8-9,12,16H,1-3H2,(H,17,18). The van der Waals surface area contributed by atoms with Crippen molar-refractivity contribution in [3.63, 3.8) is 0 Å². The lowest BCUT2D eigenvalue weighted by atomic mass is 9.87. The van der Waals surface area contributed by atoms with Gasteiger partial charge < -0.3 is 10.2 Å². The molecule has 1 aliphatic carbocycles. The molecule has 1 aliphatic rings. The van der Waals surface area contributed by atoms with Gasteiger partial charge in [0, 0.05) is 11.5 Å². The number of carbonyl (C=O) groups is 1. The molecule has 18 heavy (non-hydrogen) atoms. The van der Waals surface area contributed by atoms with Gasteiger partial charge in [0.05, 0.1) is 12.0 Å². The molecule has 5 heteroatoms. The Morgan fingerprint density at radius 1 is 1.33 bits per heavy atom. The highest BCUT2D eigenvalue weighted by molar-refractivity contribution is 5.70. The number of benzene rings is 1. The molecule has 1 fully saturated rings. The van der Waals surface area contributed by atoms with E-state index in [9.17, 15) is 18.7 Å². The van der Waals surface area contributed by atoms with Gasteiger partial charge in [-0.15, -0.1) is 0 Å². The summed E-state index contributed by atoms with van der Waals surface area (Å²) >= 11 is 0. The van der Waals surface area contributed by atoms with Gasteiger partial charge in [-0.3, -0.25) is 4.79 Å². The highest BCUT2D eigenvalue weighted by Gasteiger charge is 2.38. The lowest BCUT2D eigenvalue weighted by molar-refractivity contribution is -0.144. The van der Waals surface area contributed by atoms with E-state index in [0.717, 1.165) is 18.2 Å². The van der Waals surface area contributed by atoms with Crippen LogP contribution in [-0.4, -0.2) is 16.2 Å². The van der Waals surface area contributed by atoms with Gasteiger partial charge in [0.1, 0.15) is 11.6 Å². The molecule has 0 aliphatic heterocycles. The first-order chi connectivity index (χ1) is 8.50. The van der Waals surface area contributed by atoms with Crippen molar-refractivity contribution in [3.05, 3.63) is 35.4 Å². The van der Waals surface area contributed by atoms with E-state index in [0.29, 0.717) is 19.3 Å². The van der Waals surface area contributed by atoms with Crippen LogP contribution in [0.3, 0.4) is 0 Å². The van der Waals surface area contributed by atoms with Crippen LogP contribution in [0, 0.1) is 23.5 Å². The third-order valence-electron chi connectivity index (χ3n) is 3.57. The van der Waals surface area contributed by atoms with Crippen LogP contribution < -0.4 is 0 Å². The molecule has 0 aromatic heterocycles. The van der Waals surface area contributed by atoms with Gasteiger partial charge in [0.2, 0.25) is 0 Å². The summed E-state index contributed by atoms with van der Waals surface area (Å²) in [6.07, 6.45) is 0.377. The smallest absolute Gasteiger partial charge is 0.306 e. The van der Waals surface area contributed by atoms with Gasteiger partial charge in [-0.2, -0.15) is 0 Å². The first-order valence-electron chi connectivity index (χ1n) is 5.86. The quantitative estimate of drug-likeness (QED) is 0.873. The van der Waals surface area contributed by atoms with Gasteiger partial charge in [-0.25, -0.2) is 8.78 Å². The topological polar surface area (TPSA) is 57.5 Å². The van der Waals surface area contributed by atoms with Crippen LogP contribution in [-0.2, 0) is 4.79 Å². The largest absolute Gasteiger partial charge is 0.481 e. The normalized spacial score (nSPS) is 25.1. The second-order valence-electron chi connectivity index (χ2n) is 4.65. The summed E-state index contributed by atoms with van der Waals surface area (Å²) in [6, 6.07) is 2.84. The number of halogens is 2. The Balaban J connectivity index is 2.27. The Morgan fingerprint density at radius 3 is 2.72 bits per heavy atom. The van der Waals surface area contributed by atoms with Gasteiger partial charge in [0.15, 0.2) is 0 Å². The van der Waals surface area contributed by atoms with Crippen molar-refractivity contribution in [1.29, 1.82) is 0 Å². The zero-order valence-corrected chi connectivity index (χ0v) is 9.64. The predicted octanol–water partition coefficient (Wildman–Crippen LogP) is 2.50. The summed E-state index contributed by atoms with van der Waals surface area (Å²) in [6.45, 7) is 0. The molecule has 1 saturated carbocycles. The van der Waals surface area contributed by atoms with E-state index in [1.807, 2.05) is 0 Å². The minimum atomic E-state index is -1.27. The molecule has 0 amide bonds. The molecular weight excluding hydrogens is 242 g/mol. The Labute approximate surface area is 103 Å². The Hall–Kier alpha value is -1.49. The summed E-state index contributed by atoms with van der Waals surface area (Å²) in [7, 11) is 0. The zero-order chi connectivity index (χ0) is 13.3. The minimum Gasteiger partial charge on any atom is -0.481 e. The molecule has 2 rings (SSSR count). The van der Waals surface area contributed by atoms with Crippen LogP contribution in [0.2, 0.25) is 0 Å². The van der Waals surface area contributed by atoms with Gasteiger partial charge >= 0.3 is 5.97 Å². The van der Waals surface area contributed by atoms with Crippen molar-refractivity contribution in [3.8, 4) is 0 Å². The van der Waals surface area contributed by atoms with Gasteiger partial charge in [0.25, 0.3) is 0 Å². The number of hydrogen-bond donors (Lipinski definition) is 2. The fourth-order valence-corrected chi connectivity index (χ4v) is 2.65. The van der Waals surface area contributed by atoms with E-state index in [2.05, 4.69) is 0 Å². The van der Waals surface area contributed by atoms with Crippen LogP contribution in [0.5, 0.6) is 0 Å². The third-order valence-corrected chi connectivity index (χ3v) is 3.57. The maximum absolute atomic E-state index is 13.5. The first-order valence-corrected chi connectivity index (χ1v) is 5.86. The summed E-state index contributed by atoms with van der Waals surface area (Å²) in [5.41, 5.74) is -0.159. The van der Waals surface area contributed by atoms with Crippen molar-refractivity contribution in [2.45, 2.75) is 25.4 Å². The summed E-state index contributed by atoms with van der Waals surface area (Å²) in [5, 5.41) is 19.1. The van der Waals surface area contributed by atoms with E-state index in [1.165, 1.54) is 0 Å². The Kier molecular flexibility index (Phi) is 3.61. The number of aliphatic carboxylic acids is 1. The molecule has 2 N–H and O–H groups in total. The minimum absolute atomic E-state index is 0.159. The molecule has 0 saturated heterocycles. The van der Waals surface area contributed by atoms with Crippen molar-refractivity contribution in [2.75, 3.05) is 0 Å². The second kappa shape index (κ2) is 5.02. The second-order valence-corrected chi connectivity index (χ2v) is 4.65. The number of carboxylic acids is 1. The van der Waals surface area contributed by atoms with Gasteiger partial charge in [-0.1, -0.05) is 6.42 Å². The fraction of sp³-hybridized carbons (Fsp3) is 0.462. The summed E-state index contributed by atoms with van der Waals surface area (Å²) in [4.78, 5) is 11.0. The van der Waals surface area contributed by atoms with Crippen LogP contribution in [0.15, 0.2) is 18.2 Å². The molecular formula is C13H14F2O3. The summed E-state index contributed by atoms with van der Waals surface area (Å²) in [5.74, 6) is -3.59. The molecule has 3 atom stereocenters. The molecule has 98 valence electrons. The van der Waals surface area contributed by atoms with Crippen LogP contribution in [0.25, 0.3) is 0 Å². The molecule has 1 aromatic carbocycles. The van der Waals surface area contributed by atoms with E-state index < -0.39 is 35.5 Å². The Bertz CT molecular complexity index is 462. The molecule has 0 bridgehead atoms. The van der Waals surface area contributed by atoms with Crippen LogP contribution in [0.4, 0.5) is 8.78 Å². The van der Waals surface area contributed by atoms with Crippen LogP contribution >= 0.6 is 0 Å². The van der Waals surface area contributed by atoms with Crippen LogP contribution in [0.1, 0.15) is 30.9 Å². The monoisotopic (exact) mass is 256 g/mol. The molecule has 0 spiro atoms. The van der Waals surface area contributed by atoms with Crippen molar-refractivity contribution in [1.82, 2.24) is 0 Å². The lowest BCUT2D eigenvalue weighted by Crippen LogP contribution is -2.24. The number of aliphatic hydroxyl groups excluding tert-OH is 1. The number of hydrogen-bond acceptors (Lipinski definition) is 2. The van der Waals surface area contributed by atoms with E-state index in [1.54, 1.807) is 0 Å². The van der Waals surface area contributed by atoms with E-state index in [4.69, 9.17) is 5.11 Å². The molecule has 0 radical (unpaired) electrons. The highest BCUT2D eigenvalue weighted by atomic mass is 19.1. The fourth-order valence-electron chi connectivity index (χ4n) is 2.65. The molecule has 3 nitrogen and oxygen atoms in total. The zero-order valence-electron chi connectivity index (χ0n) is 9.64. The lowest BCUT2D eigenvalue weighted by Gasteiger charge is -2.22. The third kappa shape index (κ3) is 2.36. The van der Waals surface area contributed by atoms with E-state index >= 15 is 0 Å². The molecule has 3 unspecified atom stereocenters. The van der Waals surface area contributed by atoms with Crippen molar-refractivity contribution in [2.24, 2.45) is 11.8 Å². The number of carboxylic acid groups (broad SMARTS) is 1. The Morgan fingerprint density at radius 2 is 2.06 bits per heavy atom. The van der Waals surface area contributed by atoms with Crippen molar-refractivity contribution < 1.29 is 23.8 Å². The average Bonchev–Trinajstić information content (AvgIpc) is 2.80. The van der Waals surface area contributed by atoms with E-state index in [-0.39, 0.29) is 5.56 Å². The van der Waals surface area contributed by atoms with Gasteiger partial charge in [-0.05, 0) is 31.0 Å². The number of aliphatic hydroxyl groups is 1. The highest BCUT2D eigenvalue weighted by Crippen LogP contribution is 2.41. The molecule has 1 aromatic rings. The predicted molar refractivity (Wildman–Crippen MR) is 59.8 cm³/mol. The maximum atomic E-state index is 13.5. The average molecular weight is 256 g/mol. The first kappa shape index (κ1) is 13.0. The SMILES string of the molecule is O=C(O)C1CCCC1C(O)c1cc(F)ccc1F.